The van der Waals surface area contributed by atoms with Crippen LogP contribution in [0.4, 0.5) is 111 Å². The lowest BCUT2D eigenvalue weighted by Gasteiger charge is -2.46. The highest BCUT2D eigenvalue weighted by molar-refractivity contribution is 7.20. The number of alkyl halides is 24. The standard InChI is InChI=1S/C32H12BF24.C17H13N2O3/c34-25(35,36)13-1-14(26(37,38)39)6-21(5-13)33(22-7-15(27(40,41)42)2-16(8-22)28(43,44)45,23-9-17(29(46,47)48)3-18(10-23)30(49,50)51)24-11-19(31(52,53)54)4-20(12-24)32(55,56)57;20-17(14-8-2-4-10-16(14)19(21)22)12-18-11-5-7-13-6-1-3-9-15(13)18/h1-12H;1-11H,12H2/q-1;+1. The predicted molar refractivity (Wildman–Crippen MR) is 232 cm³/mol. The van der Waals surface area contributed by atoms with Gasteiger partial charge in [0.2, 0.25) is 17.8 Å². The minimum Gasteiger partial charge on any atom is -0.287 e. The van der Waals surface area contributed by atoms with Gasteiger partial charge in [0, 0.05) is 23.6 Å². The van der Waals surface area contributed by atoms with E-state index in [2.05, 4.69) is 0 Å². The van der Waals surface area contributed by atoms with Gasteiger partial charge in [-0.05, 0) is 42.5 Å². The van der Waals surface area contributed by atoms with Crippen LogP contribution in [0.2, 0.25) is 0 Å². The number of nitro benzene ring substituents is 1. The number of para-hydroxylation sites is 2. The first-order chi connectivity index (χ1) is 35.9. The number of halogens is 24. The Balaban J connectivity index is 0.000000378. The number of aromatic nitrogens is 1. The zero-order valence-electron chi connectivity index (χ0n) is 38.3. The third-order valence-corrected chi connectivity index (χ3v) is 11.9. The first-order valence-electron chi connectivity index (χ1n) is 21.4. The van der Waals surface area contributed by atoms with Gasteiger partial charge < -0.3 is 0 Å². The normalized spacial score (nSPS) is 13.3. The summed E-state index contributed by atoms with van der Waals surface area (Å²) >= 11 is 0. The average molecular weight is 1160 g/mol. The maximum Gasteiger partial charge on any atom is 0.416 e. The van der Waals surface area contributed by atoms with E-state index in [0.717, 1.165) is 10.9 Å². The SMILES string of the molecule is FC(F)(F)c1cc([B-](c2cc(C(F)(F)F)cc(C(F)(F)F)c2)(c2cc(C(F)(F)F)cc(C(F)(F)F)c2)c2cc(C(F)(F)F)cc(C(F)(F)F)c2)cc(C(F)(F)F)c1.O=C(C[n+]1cccc2ccccc21)c1ccccc1[N+](=O)[O-]. The molecule has 0 saturated carbocycles. The highest BCUT2D eigenvalue weighted by Crippen LogP contribution is 2.41. The zero-order chi connectivity index (χ0) is 59.4. The van der Waals surface area contributed by atoms with Gasteiger partial charge in [-0.25, -0.2) is 0 Å². The second-order valence-corrected chi connectivity index (χ2v) is 17.1. The summed E-state index contributed by atoms with van der Waals surface area (Å²) in [5, 5.41) is 12.1. The van der Waals surface area contributed by atoms with Crippen molar-refractivity contribution in [2.45, 2.75) is 56.0 Å². The number of carbonyl (C=O) groups excluding carboxylic acids is 1. The molecule has 0 fully saturated rings. The summed E-state index contributed by atoms with van der Waals surface area (Å²) in [5.74, 6) is -0.284. The quantitative estimate of drug-likeness (QED) is 0.0380. The lowest BCUT2D eigenvalue weighted by atomic mass is 9.12. The number of Topliss-reactive ketones (excluding diaryl/α,β-unsaturated/α-hetero) is 1. The van der Waals surface area contributed by atoms with E-state index in [-0.39, 0.29) is 23.6 Å². The van der Waals surface area contributed by atoms with Crippen molar-refractivity contribution in [2.24, 2.45) is 0 Å². The highest BCUT2D eigenvalue weighted by atomic mass is 19.4. The van der Waals surface area contributed by atoms with Gasteiger partial charge in [0.1, 0.15) is 11.7 Å². The summed E-state index contributed by atoms with van der Waals surface area (Å²) in [4.78, 5) is 23.0. The Morgan fingerprint density at radius 1 is 0.392 bits per heavy atom. The third-order valence-electron chi connectivity index (χ3n) is 11.9. The van der Waals surface area contributed by atoms with Gasteiger partial charge >= 0.3 is 49.4 Å². The minimum atomic E-state index is -6.13. The number of fused-ring (bicyclic) bond motifs is 1. The molecule has 0 unspecified atom stereocenters. The van der Waals surface area contributed by atoms with E-state index in [1.165, 1.54) is 12.1 Å². The molecule has 0 N–H and O–H groups in total. The fraction of sp³-hybridized carbons (Fsp3) is 0.184. The molecule has 7 rings (SSSR count). The van der Waals surface area contributed by atoms with E-state index in [1.54, 1.807) is 22.9 Å². The molecule has 6 aromatic carbocycles. The van der Waals surface area contributed by atoms with Crippen molar-refractivity contribution in [1.29, 1.82) is 0 Å². The van der Waals surface area contributed by atoms with Crippen LogP contribution >= 0.6 is 0 Å². The number of nitro groups is 1. The van der Waals surface area contributed by atoms with Crippen LogP contribution in [0.25, 0.3) is 10.9 Å². The van der Waals surface area contributed by atoms with Gasteiger partial charge in [-0.3, -0.25) is 14.9 Å². The number of carbonyl (C=O) groups is 1. The molecule has 1 aromatic heterocycles. The van der Waals surface area contributed by atoms with E-state index in [4.69, 9.17) is 0 Å². The number of nitrogens with zero attached hydrogens (tertiary/aromatic N) is 2. The largest absolute Gasteiger partial charge is 0.416 e. The van der Waals surface area contributed by atoms with E-state index in [0.29, 0.717) is 0 Å². The predicted octanol–water partition coefficient (Wildman–Crippen LogP) is 14.1. The smallest absolute Gasteiger partial charge is 0.287 e. The van der Waals surface area contributed by atoms with Gasteiger partial charge in [0.05, 0.1) is 49.4 Å². The molecule has 0 bridgehead atoms. The highest BCUT2D eigenvalue weighted by Gasteiger charge is 2.47. The molecule has 7 aromatic rings. The van der Waals surface area contributed by atoms with Crippen LogP contribution in [0.15, 0.2) is 140 Å². The molecule has 0 atom stereocenters. The second kappa shape index (κ2) is 20.8. The van der Waals surface area contributed by atoms with Crippen molar-refractivity contribution in [3.8, 4) is 0 Å². The summed E-state index contributed by atoms with van der Waals surface area (Å²) in [6.07, 6.45) is -53.0. The van der Waals surface area contributed by atoms with Crippen LogP contribution in [0.3, 0.4) is 0 Å². The van der Waals surface area contributed by atoms with Crippen LogP contribution < -0.4 is 26.4 Å². The molecule has 0 amide bonds. The third kappa shape index (κ3) is 13.4. The molecular formula is C49H25BF24N2O3. The topological polar surface area (TPSA) is 64.1 Å². The van der Waals surface area contributed by atoms with Crippen LogP contribution in [-0.2, 0) is 56.0 Å². The minimum absolute atomic E-state index is 0.0617. The number of ketones is 1. The Bertz CT molecular complexity index is 3000. The van der Waals surface area contributed by atoms with Gasteiger partial charge in [-0.1, -0.05) is 72.8 Å². The Hall–Kier alpha value is -7.82. The van der Waals surface area contributed by atoms with E-state index < -0.39 is 200 Å². The summed E-state index contributed by atoms with van der Waals surface area (Å²) in [5.41, 5.74) is -29.3. The van der Waals surface area contributed by atoms with Crippen molar-refractivity contribution in [3.63, 3.8) is 0 Å². The molecule has 0 aliphatic rings. The van der Waals surface area contributed by atoms with Crippen LogP contribution in [0.5, 0.6) is 0 Å². The monoisotopic (exact) mass is 1160 g/mol. The molecule has 0 aliphatic heterocycles. The molecule has 1 heterocycles. The lowest BCUT2D eigenvalue weighted by molar-refractivity contribution is -0.657. The maximum atomic E-state index is 14.2. The van der Waals surface area contributed by atoms with Gasteiger partial charge in [0.25, 0.3) is 5.69 Å². The first-order valence-corrected chi connectivity index (χ1v) is 21.4. The number of hydrogen-bond acceptors (Lipinski definition) is 3. The number of rotatable bonds is 8. The number of hydrogen-bond donors (Lipinski definition) is 0. The molecule has 0 spiro atoms. The molecule has 0 radical (unpaired) electrons. The molecular weight excluding hydrogens is 1130 g/mol. The fourth-order valence-corrected chi connectivity index (χ4v) is 8.54. The Labute approximate surface area is 425 Å². The van der Waals surface area contributed by atoms with Crippen molar-refractivity contribution in [2.75, 3.05) is 0 Å². The Morgan fingerprint density at radius 2 is 0.658 bits per heavy atom. The molecule has 420 valence electrons. The maximum absolute atomic E-state index is 14.2. The van der Waals surface area contributed by atoms with Gasteiger partial charge in [-0.2, -0.15) is 132 Å². The summed E-state index contributed by atoms with van der Waals surface area (Å²) < 4.78 is 343. The Morgan fingerprint density at radius 3 is 0.949 bits per heavy atom. The molecule has 5 nitrogen and oxygen atoms in total. The first kappa shape index (κ1) is 60.4. The summed E-state index contributed by atoms with van der Waals surface area (Å²) in [6, 6.07) is 8.74. The summed E-state index contributed by atoms with van der Waals surface area (Å²) in [7, 11) is 0. The molecule has 30 heteroatoms. The van der Waals surface area contributed by atoms with Gasteiger partial charge in [0.15, 0.2) is 6.20 Å². The fourth-order valence-electron chi connectivity index (χ4n) is 8.54. The number of pyridine rings is 1. The van der Waals surface area contributed by atoms with Crippen LogP contribution in [-0.4, -0.2) is 16.9 Å². The zero-order valence-corrected chi connectivity index (χ0v) is 38.3. The van der Waals surface area contributed by atoms with Gasteiger partial charge in [-0.15, -0.1) is 0 Å². The molecule has 0 saturated heterocycles. The summed E-state index contributed by atoms with van der Waals surface area (Å²) in [6.45, 7) is 0.0617. The molecule has 79 heavy (non-hydrogen) atoms. The van der Waals surface area contributed by atoms with Crippen molar-refractivity contribution in [3.05, 3.63) is 200 Å². The van der Waals surface area contributed by atoms with E-state index in [9.17, 15) is 120 Å². The van der Waals surface area contributed by atoms with Crippen molar-refractivity contribution >= 4 is 50.4 Å². The lowest BCUT2D eigenvalue weighted by Crippen LogP contribution is -2.75. The van der Waals surface area contributed by atoms with E-state index >= 15 is 0 Å². The second-order valence-electron chi connectivity index (χ2n) is 17.1. The van der Waals surface area contributed by atoms with Crippen molar-refractivity contribution in [1.82, 2.24) is 0 Å². The average Bonchev–Trinajstić information content (AvgIpc) is 3.54. The van der Waals surface area contributed by atoms with Crippen LogP contribution in [0.1, 0.15) is 54.9 Å². The molecule has 0 aliphatic carbocycles. The Kier molecular flexibility index (Phi) is 15.9. The van der Waals surface area contributed by atoms with Crippen molar-refractivity contribution < 1.29 is 120 Å². The van der Waals surface area contributed by atoms with E-state index in [1.807, 2.05) is 36.4 Å². The number of benzene rings is 6. The van der Waals surface area contributed by atoms with Crippen LogP contribution in [0, 0.1) is 10.1 Å².